The normalized spacial score (nSPS) is 15.3. The van der Waals surface area contributed by atoms with Gasteiger partial charge in [0.1, 0.15) is 0 Å². The average molecular weight is 357 g/mol. The van der Waals surface area contributed by atoms with Gasteiger partial charge >= 0.3 is 5.97 Å². The summed E-state index contributed by atoms with van der Waals surface area (Å²) in [5, 5.41) is 8.57. The molecule has 1 aliphatic heterocycles. The summed E-state index contributed by atoms with van der Waals surface area (Å²) in [7, 11) is -3.62. The van der Waals surface area contributed by atoms with Crippen molar-refractivity contribution in [2.75, 3.05) is 19.7 Å². The number of carbonyl (C=O) groups excluding carboxylic acids is 1. The maximum absolute atomic E-state index is 12.5. The standard InChI is InChI=1S/C15H17ClN2O4S/c16-14-6-5-12(23(20,21)18-8-2-3-9-18)11-13(14)15(19)22-10-4-1-7-17/h5-6,11H,1-4,8-10H2. The number of esters is 1. The summed E-state index contributed by atoms with van der Waals surface area (Å²) in [6.07, 6.45) is 2.37. The molecule has 0 aromatic heterocycles. The molecule has 23 heavy (non-hydrogen) atoms. The molecule has 0 aliphatic carbocycles. The van der Waals surface area contributed by atoms with Gasteiger partial charge in [-0.3, -0.25) is 0 Å². The predicted molar refractivity (Wildman–Crippen MR) is 84.6 cm³/mol. The monoisotopic (exact) mass is 356 g/mol. The first-order chi connectivity index (χ1) is 11.0. The Balaban J connectivity index is 2.18. The summed E-state index contributed by atoms with van der Waals surface area (Å²) >= 11 is 5.98. The zero-order valence-electron chi connectivity index (χ0n) is 12.5. The molecule has 6 nitrogen and oxygen atoms in total. The molecule has 1 aromatic rings. The molecule has 0 spiro atoms. The maximum atomic E-state index is 12.5. The molecular weight excluding hydrogens is 340 g/mol. The second-order valence-corrected chi connectivity index (χ2v) is 7.50. The number of carbonyl (C=O) groups is 1. The highest BCUT2D eigenvalue weighted by atomic mass is 35.5. The molecule has 0 N–H and O–H groups in total. The lowest BCUT2D eigenvalue weighted by Crippen LogP contribution is -2.28. The zero-order valence-corrected chi connectivity index (χ0v) is 14.1. The smallest absolute Gasteiger partial charge is 0.339 e. The predicted octanol–water partition coefficient (Wildman–Crippen LogP) is 2.59. The Morgan fingerprint density at radius 2 is 2.04 bits per heavy atom. The topological polar surface area (TPSA) is 87.5 Å². The highest BCUT2D eigenvalue weighted by Crippen LogP contribution is 2.25. The summed E-state index contributed by atoms with van der Waals surface area (Å²) in [6, 6.07) is 5.98. The van der Waals surface area contributed by atoms with Crippen LogP contribution in [0.15, 0.2) is 23.1 Å². The molecule has 1 fully saturated rings. The van der Waals surface area contributed by atoms with Gasteiger partial charge in [-0.05, 0) is 37.5 Å². The van der Waals surface area contributed by atoms with Crippen molar-refractivity contribution in [3.05, 3.63) is 28.8 Å². The fourth-order valence-electron chi connectivity index (χ4n) is 2.29. The summed E-state index contributed by atoms with van der Waals surface area (Å²) in [4.78, 5) is 12.1. The van der Waals surface area contributed by atoms with Gasteiger partial charge in [0, 0.05) is 19.5 Å². The van der Waals surface area contributed by atoms with Crippen LogP contribution in [0.2, 0.25) is 5.02 Å². The minimum Gasteiger partial charge on any atom is -0.462 e. The Hall–Kier alpha value is -1.62. The van der Waals surface area contributed by atoms with Crippen LogP contribution in [-0.2, 0) is 14.8 Å². The van der Waals surface area contributed by atoms with E-state index in [2.05, 4.69) is 0 Å². The fourth-order valence-corrected chi connectivity index (χ4v) is 4.03. The van der Waals surface area contributed by atoms with E-state index in [1.807, 2.05) is 6.07 Å². The molecule has 1 saturated heterocycles. The lowest BCUT2D eigenvalue weighted by molar-refractivity contribution is 0.0501. The van der Waals surface area contributed by atoms with Crippen LogP contribution < -0.4 is 0 Å². The van der Waals surface area contributed by atoms with E-state index in [4.69, 9.17) is 21.6 Å². The minimum atomic E-state index is -3.62. The second kappa shape index (κ2) is 7.77. The van der Waals surface area contributed by atoms with Gasteiger partial charge in [0.05, 0.1) is 28.2 Å². The van der Waals surface area contributed by atoms with Gasteiger partial charge in [-0.1, -0.05) is 11.6 Å². The van der Waals surface area contributed by atoms with E-state index in [0.29, 0.717) is 19.5 Å². The number of hydrogen-bond acceptors (Lipinski definition) is 5. The SMILES string of the molecule is N#CCCCOC(=O)c1cc(S(=O)(=O)N2CCCC2)ccc1Cl. The van der Waals surface area contributed by atoms with Crippen LogP contribution in [0, 0.1) is 11.3 Å². The number of sulfonamides is 1. The van der Waals surface area contributed by atoms with E-state index in [1.165, 1.54) is 22.5 Å². The number of hydrogen-bond donors (Lipinski definition) is 0. The summed E-state index contributed by atoms with van der Waals surface area (Å²) in [6.45, 7) is 1.06. The number of nitriles is 1. The molecule has 0 radical (unpaired) electrons. The number of ether oxygens (including phenoxy) is 1. The van der Waals surface area contributed by atoms with Gasteiger partial charge in [-0.25, -0.2) is 13.2 Å². The molecule has 0 saturated carbocycles. The highest BCUT2D eigenvalue weighted by molar-refractivity contribution is 7.89. The van der Waals surface area contributed by atoms with Gasteiger partial charge in [-0.2, -0.15) is 9.57 Å². The molecule has 124 valence electrons. The van der Waals surface area contributed by atoms with E-state index < -0.39 is 16.0 Å². The van der Waals surface area contributed by atoms with Crippen molar-refractivity contribution in [3.8, 4) is 6.07 Å². The lowest BCUT2D eigenvalue weighted by Gasteiger charge is -2.16. The van der Waals surface area contributed by atoms with Crippen molar-refractivity contribution in [3.63, 3.8) is 0 Å². The number of benzene rings is 1. The van der Waals surface area contributed by atoms with Crippen molar-refractivity contribution >= 4 is 27.6 Å². The third-order valence-corrected chi connectivity index (χ3v) is 5.75. The van der Waals surface area contributed by atoms with Crippen LogP contribution in [0.3, 0.4) is 0 Å². The molecule has 0 atom stereocenters. The molecule has 8 heteroatoms. The van der Waals surface area contributed by atoms with Crippen LogP contribution in [0.1, 0.15) is 36.0 Å². The number of unbranched alkanes of at least 4 members (excludes halogenated alkanes) is 1. The van der Waals surface area contributed by atoms with Crippen LogP contribution in [0.5, 0.6) is 0 Å². The van der Waals surface area contributed by atoms with Crippen LogP contribution in [0.4, 0.5) is 0 Å². The van der Waals surface area contributed by atoms with E-state index >= 15 is 0 Å². The van der Waals surface area contributed by atoms with Crippen molar-refractivity contribution in [1.29, 1.82) is 5.26 Å². The zero-order chi connectivity index (χ0) is 16.9. The van der Waals surface area contributed by atoms with Gasteiger partial charge < -0.3 is 4.74 Å². The Morgan fingerprint density at radius 3 is 2.70 bits per heavy atom. The Bertz CT molecular complexity index is 721. The van der Waals surface area contributed by atoms with Crippen LogP contribution >= 0.6 is 11.6 Å². The fraction of sp³-hybridized carbons (Fsp3) is 0.467. The van der Waals surface area contributed by atoms with Gasteiger partial charge in [0.2, 0.25) is 10.0 Å². The van der Waals surface area contributed by atoms with Crippen molar-refractivity contribution in [1.82, 2.24) is 4.31 Å². The first kappa shape index (κ1) is 17.7. The van der Waals surface area contributed by atoms with Crippen LogP contribution in [-0.4, -0.2) is 38.4 Å². The third kappa shape index (κ3) is 4.22. The first-order valence-electron chi connectivity index (χ1n) is 7.30. The molecule has 1 aromatic carbocycles. The van der Waals surface area contributed by atoms with Crippen molar-refractivity contribution < 1.29 is 17.9 Å². The third-order valence-electron chi connectivity index (χ3n) is 3.53. The first-order valence-corrected chi connectivity index (χ1v) is 9.12. The number of nitrogens with zero attached hydrogens (tertiary/aromatic N) is 2. The summed E-state index contributed by atoms with van der Waals surface area (Å²) in [5.41, 5.74) is 0.0175. The minimum absolute atomic E-state index is 0.0175. The van der Waals surface area contributed by atoms with Gasteiger partial charge in [0.25, 0.3) is 0 Å². The average Bonchev–Trinajstić information content (AvgIpc) is 3.07. The van der Waals surface area contributed by atoms with E-state index in [9.17, 15) is 13.2 Å². The highest BCUT2D eigenvalue weighted by Gasteiger charge is 2.28. The van der Waals surface area contributed by atoms with E-state index in [-0.39, 0.29) is 28.5 Å². The Morgan fingerprint density at radius 1 is 1.35 bits per heavy atom. The largest absolute Gasteiger partial charge is 0.462 e. The van der Waals surface area contributed by atoms with Gasteiger partial charge in [0.15, 0.2) is 0 Å². The lowest BCUT2D eigenvalue weighted by atomic mass is 10.2. The Kier molecular flexibility index (Phi) is 5.99. The molecule has 1 aliphatic rings. The van der Waals surface area contributed by atoms with E-state index in [0.717, 1.165) is 12.8 Å². The molecule has 1 heterocycles. The molecule has 0 bridgehead atoms. The molecular formula is C15H17ClN2O4S. The summed E-state index contributed by atoms with van der Waals surface area (Å²) < 4.78 is 31.5. The maximum Gasteiger partial charge on any atom is 0.339 e. The van der Waals surface area contributed by atoms with Crippen molar-refractivity contribution in [2.24, 2.45) is 0 Å². The molecule has 2 rings (SSSR count). The molecule has 0 amide bonds. The number of halogens is 1. The molecule has 0 unspecified atom stereocenters. The number of rotatable bonds is 6. The van der Waals surface area contributed by atoms with Gasteiger partial charge in [-0.15, -0.1) is 0 Å². The Labute approximate surface area is 140 Å². The summed E-state index contributed by atoms with van der Waals surface area (Å²) in [5.74, 6) is -0.689. The van der Waals surface area contributed by atoms with Crippen LogP contribution in [0.25, 0.3) is 0 Å². The van der Waals surface area contributed by atoms with E-state index in [1.54, 1.807) is 0 Å². The quantitative estimate of drug-likeness (QED) is 0.577. The van der Waals surface area contributed by atoms with Crippen molar-refractivity contribution in [2.45, 2.75) is 30.6 Å². The second-order valence-electron chi connectivity index (χ2n) is 5.15.